The third-order valence-corrected chi connectivity index (χ3v) is 5.55. The van der Waals surface area contributed by atoms with E-state index >= 15 is 0 Å². The molecule has 0 spiro atoms. The summed E-state index contributed by atoms with van der Waals surface area (Å²) in [7, 11) is 1.84. The molecule has 1 aromatic carbocycles. The second-order valence-electron chi connectivity index (χ2n) is 7.09. The topological polar surface area (TPSA) is 38.5 Å². The summed E-state index contributed by atoms with van der Waals surface area (Å²) in [6, 6.07) is 9.25. The zero-order valence-corrected chi connectivity index (χ0v) is 13.5. The quantitative estimate of drug-likeness (QED) is 0.909. The van der Waals surface area contributed by atoms with Gasteiger partial charge in [-0.15, -0.1) is 0 Å². The van der Waals surface area contributed by atoms with Gasteiger partial charge in [0.2, 0.25) is 0 Å². The van der Waals surface area contributed by atoms with Crippen LogP contribution >= 0.6 is 0 Å². The lowest BCUT2D eigenvalue weighted by atomic mass is 9.77. The smallest absolute Gasteiger partial charge is 0.0777 e. The Morgan fingerprint density at radius 1 is 1.29 bits per heavy atom. The fourth-order valence-electron chi connectivity index (χ4n) is 4.18. The summed E-state index contributed by atoms with van der Waals surface area (Å²) >= 11 is 0. The molecule has 1 saturated heterocycles. The number of hydrogen-bond acceptors (Lipinski definition) is 3. The third kappa shape index (κ3) is 2.75. The highest BCUT2D eigenvalue weighted by Gasteiger charge is 2.39. The van der Waals surface area contributed by atoms with Crippen molar-refractivity contribution in [1.29, 1.82) is 0 Å². The van der Waals surface area contributed by atoms with E-state index in [2.05, 4.69) is 43.0 Å². The van der Waals surface area contributed by atoms with E-state index in [1.54, 1.807) is 0 Å². The van der Waals surface area contributed by atoms with E-state index in [0.717, 1.165) is 25.9 Å². The average molecular weight is 288 g/mol. The van der Waals surface area contributed by atoms with Crippen LogP contribution in [0.25, 0.3) is 0 Å². The lowest BCUT2D eigenvalue weighted by molar-refractivity contribution is -0.0660. The Morgan fingerprint density at radius 3 is 2.71 bits per heavy atom. The molecule has 116 valence electrons. The molecule has 0 amide bonds. The second-order valence-corrected chi connectivity index (χ2v) is 7.09. The zero-order valence-electron chi connectivity index (χ0n) is 13.5. The largest absolute Gasteiger partial charge is 0.377 e. The van der Waals surface area contributed by atoms with E-state index < -0.39 is 0 Å². The number of ether oxygens (including phenoxy) is 1. The first-order valence-corrected chi connectivity index (χ1v) is 8.18. The fourth-order valence-corrected chi connectivity index (χ4v) is 4.18. The van der Waals surface area contributed by atoms with Gasteiger partial charge in [0, 0.05) is 25.7 Å². The van der Waals surface area contributed by atoms with Crippen LogP contribution in [-0.4, -0.2) is 36.7 Å². The van der Waals surface area contributed by atoms with Gasteiger partial charge in [-0.3, -0.25) is 4.90 Å². The summed E-state index contributed by atoms with van der Waals surface area (Å²) in [6.07, 6.45) is 3.50. The molecule has 3 rings (SSSR count). The van der Waals surface area contributed by atoms with Crippen molar-refractivity contribution in [3.05, 3.63) is 35.4 Å². The number of nitrogens with zero attached hydrogens (tertiary/aromatic N) is 1. The number of benzene rings is 1. The van der Waals surface area contributed by atoms with Crippen molar-refractivity contribution in [2.45, 2.75) is 56.7 Å². The lowest BCUT2D eigenvalue weighted by Gasteiger charge is -2.47. The van der Waals surface area contributed by atoms with Crippen LogP contribution in [0.1, 0.15) is 56.2 Å². The minimum atomic E-state index is -0.0157. The van der Waals surface area contributed by atoms with Crippen molar-refractivity contribution in [2.75, 3.05) is 20.2 Å². The molecule has 1 heterocycles. The Kier molecular flexibility index (Phi) is 4.08. The average Bonchev–Trinajstić information content (AvgIpc) is 2.51. The summed E-state index contributed by atoms with van der Waals surface area (Å²) in [5.74, 6) is 0.585. The van der Waals surface area contributed by atoms with Crippen molar-refractivity contribution in [1.82, 2.24) is 4.90 Å². The molecule has 0 bridgehead atoms. The molecular weight excluding hydrogens is 260 g/mol. The number of piperidine rings is 1. The first-order chi connectivity index (χ1) is 10.0. The molecule has 1 fully saturated rings. The molecule has 0 aromatic heterocycles. The van der Waals surface area contributed by atoms with E-state index in [1.165, 1.54) is 17.5 Å². The van der Waals surface area contributed by atoms with Gasteiger partial charge in [-0.1, -0.05) is 31.2 Å². The minimum Gasteiger partial charge on any atom is -0.377 e. The van der Waals surface area contributed by atoms with Crippen LogP contribution in [0.4, 0.5) is 0 Å². The van der Waals surface area contributed by atoms with Gasteiger partial charge in [-0.2, -0.15) is 0 Å². The van der Waals surface area contributed by atoms with E-state index in [-0.39, 0.29) is 11.6 Å². The van der Waals surface area contributed by atoms with E-state index in [4.69, 9.17) is 10.5 Å². The van der Waals surface area contributed by atoms with Gasteiger partial charge in [0.15, 0.2) is 0 Å². The summed E-state index contributed by atoms with van der Waals surface area (Å²) in [6.45, 7) is 6.70. The monoisotopic (exact) mass is 288 g/mol. The molecule has 3 nitrogen and oxygen atoms in total. The normalized spacial score (nSPS) is 37.2. The number of methoxy groups -OCH3 is 1. The van der Waals surface area contributed by atoms with Crippen LogP contribution in [0.3, 0.4) is 0 Å². The predicted octanol–water partition coefficient (Wildman–Crippen LogP) is 3.06. The van der Waals surface area contributed by atoms with Gasteiger partial charge >= 0.3 is 0 Å². The van der Waals surface area contributed by atoms with Crippen molar-refractivity contribution < 1.29 is 4.74 Å². The highest BCUT2D eigenvalue weighted by molar-refractivity contribution is 5.36. The summed E-state index contributed by atoms with van der Waals surface area (Å²) in [5, 5.41) is 0. The van der Waals surface area contributed by atoms with Gasteiger partial charge in [-0.05, 0) is 49.8 Å². The molecule has 2 aliphatic rings. The van der Waals surface area contributed by atoms with Crippen molar-refractivity contribution in [3.8, 4) is 0 Å². The molecule has 4 atom stereocenters. The molecule has 0 saturated carbocycles. The van der Waals surface area contributed by atoms with E-state index in [9.17, 15) is 0 Å². The van der Waals surface area contributed by atoms with Crippen LogP contribution < -0.4 is 5.73 Å². The molecule has 1 aromatic rings. The number of rotatable bonds is 2. The summed E-state index contributed by atoms with van der Waals surface area (Å²) in [5.41, 5.74) is 9.39. The van der Waals surface area contributed by atoms with Crippen molar-refractivity contribution in [3.63, 3.8) is 0 Å². The molecule has 1 aliphatic carbocycles. The Bertz CT molecular complexity index is 504. The van der Waals surface area contributed by atoms with Crippen LogP contribution in [0.5, 0.6) is 0 Å². The second kappa shape index (κ2) is 5.71. The van der Waals surface area contributed by atoms with Crippen LogP contribution in [0, 0.1) is 0 Å². The van der Waals surface area contributed by atoms with Crippen molar-refractivity contribution >= 4 is 0 Å². The maximum atomic E-state index is 6.63. The Morgan fingerprint density at radius 2 is 2.00 bits per heavy atom. The number of nitrogens with two attached hydrogens (primary N) is 1. The molecule has 2 N–H and O–H groups in total. The molecular formula is C18H28N2O. The molecule has 3 heteroatoms. The van der Waals surface area contributed by atoms with E-state index in [1.807, 2.05) is 7.11 Å². The zero-order chi connectivity index (χ0) is 15.0. The Hall–Kier alpha value is -0.900. The van der Waals surface area contributed by atoms with Crippen LogP contribution in [-0.2, 0) is 4.74 Å². The molecule has 4 unspecified atom stereocenters. The Balaban J connectivity index is 1.84. The first-order valence-electron chi connectivity index (χ1n) is 8.18. The van der Waals surface area contributed by atoms with Gasteiger partial charge in [0.1, 0.15) is 0 Å². The minimum absolute atomic E-state index is 0.0157. The molecule has 1 aliphatic heterocycles. The predicted molar refractivity (Wildman–Crippen MR) is 86.4 cm³/mol. The van der Waals surface area contributed by atoms with Crippen LogP contribution in [0.15, 0.2) is 24.3 Å². The SMILES string of the molecule is COC1(C)CCCN(C2CC(C)c3ccccc3C2N)C1. The Labute approximate surface area is 128 Å². The van der Waals surface area contributed by atoms with Gasteiger partial charge in [-0.25, -0.2) is 0 Å². The molecule has 21 heavy (non-hydrogen) atoms. The van der Waals surface area contributed by atoms with Crippen molar-refractivity contribution in [2.24, 2.45) is 5.73 Å². The maximum absolute atomic E-state index is 6.63. The highest BCUT2D eigenvalue weighted by Crippen LogP contribution is 2.40. The first kappa shape index (κ1) is 15.0. The standard InChI is InChI=1S/C18H28N2O/c1-13-11-16(17(19)15-8-5-4-7-14(13)15)20-10-6-9-18(2,12-20)21-3/h4-5,7-8,13,16-17H,6,9-12,19H2,1-3H3. The number of likely N-dealkylation sites (tertiary alicyclic amines) is 1. The summed E-state index contributed by atoms with van der Waals surface area (Å²) < 4.78 is 5.75. The summed E-state index contributed by atoms with van der Waals surface area (Å²) in [4.78, 5) is 2.57. The third-order valence-electron chi connectivity index (χ3n) is 5.55. The maximum Gasteiger partial charge on any atom is 0.0777 e. The number of hydrogen-bond donors (Lipinski definition) is 1. The highest BCUT2D eigenvalue weighted by atomic mass is 16.5. The molecule has 0 radical (unpaired) electrons. The van der Waals surface area contributed by atoms with Gasteiger partial charge < -0.3 is 10.5 Å². The lowest BCUT2D eigenvalue weighted by Crippen LogP contribution is -2.55. The fraction of sp³-hybridized carbons (Fsp3) is 0.667. The van der Waals surface area contributed by atoms with Gasteiger partial charge in [0.25, 0.3) is 0 Å². The van der Waals surface area contributed by atoms with E-state index in [0.29, 0.717) is 12.0 Å². The van der Waals surface area contributed by atoms with Gasteiger partial charge in [0.05, 0.1) is 5.60 Å². The number of fused-ring (bicyclic) bond motifs is 1. The van der Waals surface area contributed by atoms with Crippen LogP contribution in [0.2, 0.25) is 0 Å².